The number of nitro benzene ring substituents is 1. The topological polar surface area (TPSA) is 138 Å². The van der Waals surface area contributed by atoms with E-state index in [1.54, 1.807) is 18.2 Å². The van der Waals surface area contributed by atoms with Crippen LogP contribution in [0.15, 0.2) is 70.7 Å². The van der Waals surface area contributed by atoms with Crippen LogP contribution < -0.4 is 5.32 Å². The van der Waals surface area contributed by atoms with Gasteiger partial charge in [-0.15, -0.1) is 0 Å². The van der Waals surface area contributed by atoms with E-state index in [0.717, 1.165) is 16.0 Å². The van der Waals surface area contributed by atoms with E-state index in [0.29, 0.717) is 39.5 Å². The highest BCUT2D eigenvalue weighted by Gasteiger charge is 2.23. The zero-order valence-electron chi connectivity index (χ0n) is 20.1. The van der Waals surface area contributed by atoms with Gasteiger partial charge in [-0.1, -0.05) is 36.0 Å². The largest absolute Gasteiger partial charge is 0.480 e. The van der Waals surface area contributed by atoms with Gasteiger partial charge in [0.05, 0.1) is 16.0 Å². The number of amides is 1. The number of nitrogens with zero attached hydrogens (tertiary/aromatic N) is 2. The number of aryl methyl sites for hydroxylation is 1. The lowest BCUT2D eigenvalue weighted by atomic mass is 9.95. The number of imidazole rings is 1. The van der Waals surface area contributed by atoms with Crippen LogP contribution in [0.3, 0.4) is 0 Å². The van der Waals surface area contributed by atoms with Gasteiger partial charge in [0.25, 0.3) is 11.6 Å². The molecule has 0 aliphatic carbocycles. The van der Waals surface area contributed by atoms with Crippen LogP contribution in [0.2, 0.25) is 0 Å². The van der Waals surface area contributed by atoms with Crippen LogP contribution in [0.5, 0.6) is 0 Å². The number of aromatic nitrogens is 2. The lowest BCUT2D eigenvalue weighted by Crippen LogP contribution is -2.41. The van der Waals surface area contributed by atoms with Gasteiger partial charge in [-0.2, -0.15) is 11.8 Å². The standard InChI is InChI=1S/C26H24N4O5S2/c1-15-5-3-4-6-18(15)20-14-17(8-9-19(20)24(31)27-22(25(32)33)11-12-36-2)37-26-28-21-10-7-16(30(34)35)13-23(21)29-26/h3-10,13-14,22H,11-12H2,1-2H3,(H,27,31)(H,28,29)(H,32,33). The van der Waals surface area contributed by atoms with Crippen molar-refractivity contribution in [3.05, 3.63) is 81.9 Å². The summed E-state index contributed by atoms with van der Waals surface area (Å²) in [6.45, 7) is 1.95. The molecule has 1 aromatic heterocycles. The summed E-state index contributed by atoms with van der Waals surface area (Å²) in [6.07, 6.45) is 2.21. The number of thioether (sulfide) groups is 1. The predicted octanol–water partition coefficient (Wildman–Crippen LogP) is 5.53. The zero-order valence-corrected chi connectivity index (χ0v) is 21.7. The summed E-state index contributed by atoms with van der Waals surface area (Å²) < 4.78 is 0. The fraction of sp³-hybridized carbons (Fsp3) is 0.192. The highest BCUT2D eigenvalue weighted by Crippen LogP contribution is 2.34. The molecule has 0 saturated heterocycles. The summed E-state index contributed by atoms with van der Waals surface area (Å²) in [7, 11) is 0. The van der Waals surface area contributed by atoms with Gasteiger partial charge in [0, 0.05) is 22.6 Å². The van der Waals surface area contributed by atoms with Gasteiger partial charge in [-0.05, 0) is 66.3 Å². The summed E-state index contributed by atoms with van der Waals surface area (Å²) in [5, 5.41) is 23.9. The fourth-order valence-electron chi connectivity index (χ4n) is 3.86. The SMILES string of the molecule is CSCCC(NC(=O)c1ccc(Sc2nc3ccc([N+](=O)[O-])cc3[nH]2)cc1-c1ccccc1C)C(=O)O. The molecule has 4 rings (SSSR count). The Kier molecular flexibility index (Phi) is 8.14. The molecule has 1 heterocycles. The first kappa shape index (κ1) is 26.2. The minimum absolute atomic E-state index is 0.0258. The molecule has 0 aliphatic rings. The molecule has 0 saturated carbocycles. The molecule has 0 radical (unpaired) electrons. The van der Waals surface area contributed by atoms with Gasteiger partial charge >= 0.3 is 5.97 Å². The van der Waals surface area contributed by atoms with E-state index < -0.39 is 22.8 Å². The third-order valence-electron chi connectivity index (χ3n) is 5.75. The third kappa shape index (κ3) is 6.12. The molecule has 3 aromatic carbocycles. The van der Waals surface area contributed by atoms with Crippen molar-refractivity contribution in [1.82, 2.24) is 15.3 Å². The molecule has 0 bridgehead atoms. The smallest absolute Gasteiger partial charge is 0.326 e. The maximum absolute atomic E-state index is 13.2. The predicted molar refractivity (Wildman–Crippen MR) is 145 cm³/mol. The molecular weight excluding hydrogens is 512 g/mol. The number of carboxylic acids is 1. The molecule has 4 aromatic rings. The van der Waals surface area contributed by atoms with Crippen molar-refractivity contribution in [1.29, 1.82) is 0 Å². The number of rotatable bonds is 10. The van der Waals surface area contributed by atoms with Crippen LogP contribution in [0, 0.1) is 17.0 Å². The van der Waals surface area contributed by atoms with E-state index >= 15 is 0 Å². The monoisotopic (exact) mass is 536 g/mol. The highest BCUT2D eigenvalue weighted by molar-refractivity contribution is 7.99. The number of H-pyrrole nitrogens is 1. The minimum atomic E-state index is -1.07. The number of benzene rings is 3. The lowest BCUT2D eigenvalue weighted by Gasteiger charge is -2.17. The number of carbonyl (C=O) groups is 2. The van der Waals surface area contributed by atoms with Gasteiger partial charge in [0.1, 0.15) is 6.04 Å². The van der Waals surface area contributed by atoms with E-state index in [2.05, 4.69) is 15.3 Å². The first-order chi connectivity index (χ1) is 17.8. The normalized spacial score (nSPS) is 11.8. The average Bonchev–Trinajstić information content (AvgIpc) is 3.28. The van der Waals surface area contributed by atoms with E-state index in [9.17, 15) is 24.8 Å². The molecule has 3 N–H and O–H groups in total. The number of hydrogen-bond donors (Lipinski definition) is 3. The number of fused-ring (bicyclic) bond motifs is 1. The third-order valence-corrected chi connectivity index (χ3v) is 7.27. The van der Waals surface area contributed by atoms with Gasteiger partial charge in [-0.3, -0.25) is 14.9 Å². The van der Waals surface area contributed by atoms with Crippen LogP contribution in [0.1, 0.15) is 22.3 Å². The summed E-state index contributed by atoms with van der Waals surface area (Å²) >= 11 is 2.85. The molecule has 11 heteroatoms. The van der Waals surface area contributed by atoms with Gasteiger partial charge in [0.2, 0.25) is 0 Å². The molecular formula is C26H24N4O5S2. The Morgan fingerprint density at radius 2 is 1.92 bits per heavy atom. The molecule has 0 fully saturated rings. The molecule has 190 valence electrons. The summed E-state index contributed by atoms with van der Waals surface area (Å²) in [5.74, 6) is -0.922. The van der Waals surface area contributed by atoms with Crippen molar-refractivity contribution in [3.8, 4) is 11.1 Å². The number of carboxylic acid groups (broad SMARTS) is 1. The van der Waals surface area contributed by atoms with Crippen molar-refractivity contribution in [3.63, 3.8) is 0 Å². The maximum atomic E-state index is 13.2. The molecule has 1 amide bonds. The van der Waals surface area contributed by atoms with E-state index in [4.69, 9.17) is 0 Å². The van der Waals surface area contributed by atoms with Crippen LogP contribution >= 0.6 is 23.5 Å². The second-order valence-corrected chi connectivity index (χ2v) is 10.3. The van der Waals surface area contributed by atoms with E-state index in [1.807, 2.05) is 43.5 Å². The van der Waals surface area contributed by atoms with E-state index in [-0.39, 0.29) is 5.69 Å². The number of nitrogens with one attached hydrogen (secondary N) is 2. The van der Waals surface area contributed by atoms with Crippen molar-refractivity contribution in [2.75, 3.05) is 12.0 Å². The molecule has 0 spiro atoms. The number of non-ortho nitro benzene ring substituents is 1. The van der Waals surface area contributed by atoms with Crippen molar-refractivity contribution in [2.24, 2.45) is 0 Å². The van der Waals surface area contributed by atoms with Crippen molar-refractivity contribution < 1.29 is 19.6 Å². The lowest BCUT2D eigenvalue weighted by molar-refractivity contribution is -0.384. The van der Waals surface area contributed by atoms with Crippen molar-refractivity contribution >= 4 is 52.1 Å². The van der Waals surface area contributed by atoms with Crippen LogP contribution in [-0.4, -0.2) is 49.9 Å². The number of nitro groups is 1. The highest BCUT2D eigenvalue weighted by atomic mass is 32.2. The second kappa shape index (κ2) is 11.5. The Labute approximate surface area is 221 Å². The Balaban J connectivity index is 1.69. The Bertz CT molecular complexity index is 1490. The molecule has 1 atom stereocenters. The quantitative estimate of drug-likeness (QED) is 0.178. The number of carbonyl (C=O) groups excluding carboxylic acids is 1. The van der Waals surface area contributed by atoms with Crippen LogP contribution in [0.25, 0.3) is 22.2 Å². The zero-order chi connectivity index (χ0) is 26.5. The molecule has 9 nitrogen and oxygen atoms in total. The molecule has 37 heavy (non-hydrogen) atoms. The summed E-state index contributed by atoms with van der Waals surface area (Å²) in [4.78, 5) is 44.0. The summed E-state index contributed by atoms with van der Waals surface area (Å²) in [6, 6.07) is 16.4. The van der Waals surface area contributed by atoms with Crippen LogP contribution in [0.4, 0.5) is 5.69 Å². The Hall–Kier alpha value is -3.83. The maximum Gasteiger partial charge on any atom is 0.326 e. The van der Waals surface area contributed by atoms with Crippen LogP contribution in [-0.2, 0) is 4.79 Å². The first-order valence-corrected chi connectivity index (χ1v) is 13.5. The number of aliphatic carboxylic acids is 1. The first-order valence-electron chi connectivity index (χ1n) is 11.3. The number of aromatic amines is 1. The summed E-state index contributed by atoms with van der Waals surface area (Å²) in [5.41, 5.74) is 3.99. The minimum Gasteiger partial charge on any atom is -0.480 e. The van der Waals surface area contributed by atoms with Crippen molar-refractivity contribution in [2.45, 2.75) is 29.4 Å². The average molecular weight is 537 g/mol. The Morgan fingerprint density at radius 1 is 1.14 bits per heavy atom. The van der Waals surface area contributed by atoms with E-state index in [1.165, 1.54) is 35.7 Å². The molecule has 1 unspecified atom stereocenters. The molecule has 0 aliphatic heterocycles. The van der Waals surface area contributed by atoms with Gasteiger partial charge in [-0.25, -0.2) is 9.78 Å². The second-order valence-electron chi connectivity index (χ2n) is 8.27. The van der Waals surface area contributed by atoms with Gasteiger partial charge < -0.3 is 15.4 Å². The number of hydrogen-bond acceptors (Lipinski definition) is 7. The van der Waals surface area contributed by atoms with Gasteiger partial charge in [0.15, 0.2) is 5.16 Å². The Morgan fingerprint density at radius 3 is 2.62 bits per heavy atom. The fourth-order valence-corrected chi connectivity index (χ4v) is 5.17.